The molecule has 0 saturated carbocycles. The molecular formula is C24H32N6OS. The summed E-state index contributed by atoms with van der Waals surface area (Å²) in [4.78, 5) is 14.4. The Morgan fingerprint density at radius 2 is 1.84 bits per heavy atom. The summed E-state index contributed by atoms with van der Waals surface area (Å²) in [6.07, 6.45) is 4.90. The molecule has 2 saturated heterocycles. The average molecular weight is 453 g/mol. The van der Waals surface area contributed by atoms with Crippen LogP contribution in [0, 0.1) is 5.92 Å². The average Bonchev–Trinajstić information content (AvgIpc) is 3.47. The lowest BCUT2D eigenvalue weighted by Crippen LogP contribution is -2.37. The molecule has 2 fully saturated rings. The number of benzene rings is 1. The van der Waals surface area contributed by atoms with Crippen LogP contribution in [0.1, 0.15) is 43.7 Å². The number of nitrogens with one attached hydrogen (secondary N) is 2. The first-order valence-electron chi connectivity index (χ1n) is 11.8. The number of piperidine rings is 1. The Morgan fingerprint density at radius 3 is 2.53 bits per heavy atom. The summed E-state index contributed by atoms with van der Waals surface area (Å²) in [5, 5.41) is 7.04. The molecule has 3 aliphatic rings. The quantitative estimate of drug-likeness (QED) is 0.666. The van der Waals surface area contributed by atoms with Crippen LogP contribution < -0.4 is 20.4 Å². The zero-order chi connectivity index (χ0) is 21.9. The van der Waals surface area contributed by atoms with E-state index in [1.165, 1.54) is 24.0 Å². The molecule has 8 heteroatoms. The van der Waals surface area contributed by atoms with E-state index in [-0.39, 0.29) is 6.10 Å². The lowest BCUT2D eigenvalue weighted by molar-refractivity contribution is 0.114. The smallest absolute Gasteiger partial charge is 0.232 e. The van der Waals surface area contributed by atoms with Crippen molar-refractivity contribution in [1.29, 1.82) is 0 Å². The molecule has 32 heavy (non-hydrogen) atoms. The van der Waals surface area contributed by atoms with Crippen molar-refractivity contribution < 1.29 is 4.74 Å². The van der Waals surface area contributed by atoms with Crippen molar-refractivity contribution in [3.63, 3.8) is 0 Å². The second-order valence-electron chi connectivity index (χ2n) is 9.20. The standard InChI is InChI=1S/C24H32N6OS/c1-17-6-4-10-29(14-17)21-12-22(30-15-18-7-2-3-8-19(18)16-30)27-23(26-21)28-24(32)25-13-20-9-5-11-31-20/h2-3,7-8,12,17,20H,4-6,9-11,13-16H2,1H3,(H2,25,26,27,28,32). The second kappa shape index (κ2) is 9.58. The molecule has 2 aromatic rings. The van der Waals surface area contributed by atoms with Crippen molar-refractivity contribution in [2.45, 2.75) is 51.8 Å². The summed E-state index contributed by atoms with van der Waals surface area (Å²) >= 11 is 5.54. The maximum atomic E-state index is 5.68. The second-order valence-corrected chi connectivity index (χ2v) is 9.60. The molecule has 2 unspecified atom stereocenters. The topological polar surface area (TPSA) is 65.5 Å². The van der Waals surface area contributed by atoms with E-state index in [9.17, 15) is 0 Å². The fourth-order valence-electron chi connectivity index (χ4n) is 4.85. The fraction of sp³-hybridized carbons (Fsp3) is 0.542. The Bertz CT molecular complexity index is 938. The van der Waals surface area contributed by atoms with Gasteiger partial charge in [0.2, 0.25) is 5.95 Å². The van der Waals surface area contributed by atoms with Crippen LogP contribution in [0.25, 0.3) is 0 Å². The first-order chi connectivity index (χ1) is 15.6. The summed E-state index contributed by atoms with van der Waals surface area (Å²) in [6.45, 7) is 7.65. The van der Waals surface area contributed by atoms with E-state index < -0.39 is 0 Å². The Kier molecular flexibility index (Phi) is 6.41. The normalized spacial score (nSPS) is 22.7. The minimum Gasteiger partial charge on any atom is -0.376 e. The Morgan fingerprint density at radius 1 is 1.09 bits per heavy atom. The first-order valence-corrected chi connectivity index (χ1v) is 12.2. The van der Waals surface area contributed by atoms with Gasteiger partial charge in [0.15, 0.2) is 5.11 Å². The Hall–Kier alpha value is -2.45. The number of hydrogen-bond donors (Lipinski definition) is 2. The number of anilines is 3. The van der Waals surface area contributed by atoms with E-state index in [4.69, 9.17) is 26.9 Å². The van der Waals surface area contributed by atoms with Gasteiger partial charge < -0.3 is 25.2 Å². The molecule has 7 nitrogen and oxygen atoms in total. The number of nitrogens with zero attached hydrogens (tertiary/aromatic N) is 4. The van der Waals surface area contributed by atoms with Crippen molar-refractivity contribution in [2.75, 3.05) is 41.4 Å². The largest absolute Gasteiger partial charge is 0.376 e. The maximum absolute atomic E-state index is 5.68. The van der Waals surface area contributed by atoms with Gasteiger partial charge in [-0.05, 0) is 54.9 Å². The highest BCUT2D eigenvalue weighted by atomic mass is 32.1. The number of ether oxygens (including phenoxy) is 1. The number of hydrogen-bond acceptors (Lipinski definition) is 6. The molecule has 170 valence electrons. The van der Waals surface area contributed by atoms with E-state index in [1.807, 2.05) is 0 Å². The molecule has 5 rings (SSSR count). The van der Waals surface area contributed by atoms with E-state index in [1.54, 1.807) is 0 Å². The van der Waals surface area contributed by atoms with Gasteiger partial charge in [-0.3, -0.25) is 0 Å². The van der Waals surface area contributed by atoms with Crippen LogP contribution in [0.2, 0.25) is 0 Å². The number of rotatable bonds is 5. The highest BCUT2D eigenvalue weighted by Crippen LogP contribution is 2.31. The van der Waals surface area contributed by atoms with E-state index in [0.717, 1.165) is 57.3 Å². The van der Waals surface area contributed by atoms with Gasteiger partial charge in [0.25, 0.3) is 0 Å². The molecule has 0 amide bonds. The molecule has 0 aliphatic carbocycles. The number of aromatic nitrogens is 2. The SMILES string of the molecule is CC1CCCN(c2cc(N3Cc4ccccc4C3)nc(NC(=S)NCC3CCCO3)n2)C1. The van der Waals surface area contributed by atoms with Crippen molar-refractivity contribution in [2.24, 2.45) is 5.92 Å². The summed E-state index contributed by atoms with van der Waals surface area (Å²) in [5.74, 6) is 3.14. The molecule has 0 radical (unpaired) electrons. The lowest BCUT2D eigenvalue weighted by atomic mass is 10.0. The van der Waals surface area contributed by atoms with Gasteiger partial charge in [-0.25, -0.2) is 0 Å². The summed E-state index contributed by atoms with van der Waals surface area (Å²) < 4.78 is 5.68. The molecule has 2 atom stereocenters. The van der Waals surface area contributed by atoms with Gasteiger partial charge in [0.1, 0.15) is 11.6 Å². The first kappa shape index (κ1) is 21.4. The third kappa shape index (κ3) is 4.96. The molecule has 4 heterocycles. The van der Waals surface area contributed by atoms with Gasteiger partial charge in [-0.1, -0.05) is 31.2 Å². The van der Waals surface area contributed by atoms with Gasteiger partial charge in [0, 0.05) is 45.4 Å². The van der Waals surface area contributed by atoms with Crippen LogP contribution in [0.15, 0.2) is 30.3 Å². The van der Waals surface area contributed by atoms with E-state index >= 15 is 0 Å². The molecular weight excluding hydrogens is 420 g/mol. The molecule has 0 spiro atoms. The van der Waals surface area contributed by atoms with Crippen molar-refractivity contribution >= 4 is 34.9 Å². The molecule has 2 N–H and O–H groups in total. The number of fused-ring (bicyclic) bond motifs is 1. The predicted octanol–water partition coefficient (Wildman–Crippen LogP) is 3.70. The van der Waals surface area contributed by atoms with Gasteiger partial charge in [0.05, 0.1) is 6.10 Å². The van der Waals surface area contributed by atoms with Gasteiger partial charge in [-0.2, -0.15) is 9.97 Å². The zero-order valence-electron chi connectivity index (χ0n) is 18.7. The molecule has 0 bridgehead atoms. The minimum absolute atomic E-state index is 0.232. The van der Waals surface area contributed by atoms with Crippen LogP contribution in [0.4, 0.5) is 17.6 Å². The highest BCUT2D eigenvalue weighted by Gasteiger charge is 2.24. The molecule has 3 aliphatic heterocycles. The predicted molar refractivity (Wildman–Crippen MR) is 132 cm³/mol. The summed E-state index contributed by atoms with van der Waals surface area (Å²) in [6, 6.07) is 10.8. The van der Waals surface area contributed by atoms with Crippen molar-refractivity contribution in [3.8, 4) is 0 Å². The van der Waals surface area contributed by atoms with Crippen LogP contribution in [-0.4, -0.2) is 47.4 Å². The van der Waals surface area contributed by atoms with Crippen LogP contribution in [0.3, 0.4) is 0 Å². The maximum Gasteiger partial charge on any atom is 0.232 e. The van der Waals surface area contributed by atoms with Crippen molar-refractivity contribution in [1.82, 2.24) is 15.3 Å². The minimum atomic E-state index is 0.232. The molecule has 1 aromatic carbocycles. The van der Waals surface area contributed by atoms with Crippen LogP contribution in [-0.2, 0) is 17.8 Å². The zero-order valence-corrected chi connectivity index (χ0v) is 19.5. The Labute approximate surface area is 195 Å². The van der Waals surface area contributed by atoms with Crippen LogP contribution in [0.5, 0.6) is 0 Å². The summed E-state index contributed by atoms with van der Waals surface area (Å²) in [5.41, 5.74) is 2.73. The summed E-state index contributed by atoms with van der Waals surface area (Å²) in [7, 11) is 0. The van der Waals surface area contributed by atoms with E-state index in [2.05, 4.69) is 57.7 Å². The Balaban J connectivity index is 1.35. The van der Waals surface area contributed by atoms with Gasteiger partial charge >= 0.3 is 0 Å². The lowest BCUT2D eigenvalue weighted by Gasteiger charge is -2.32. The number of thiocarbonyl (C=S) groups is 1. The fourth-order valence-corrected chi connectivity index (χ4v) is 5.03. The molecule has 1 aromatic heterocycles. The highest BCUT2D eigenvalue weighted by molar-refractivity contribution is 7.80. The third-order valence-electron chi connectivity index (χ3n) is 6.58. The van der Waals surface area contributed by atoms with Gasteiger partial charge in [-0.15, -0.1) is 0 Å². The third-order valence-corrected chi connectivity index (χ3v) is 6.83. The van der Waals surface area contributed by atoms with Crippen LogP contribution >= 0.6 is 12.2 Å². The van der Waals surface area contributed by atoms with Crippen molar-refractivity contribution in [3.05, 3.63) is 41.5 Å². The van der Waals surface area contributed by atoms with E-state index in [0.29, 0.717) is 23.5 Å². The monoisotopic (exact) mass is 452 g/mol.